The molecular weight excluding hydrogens is 373 g/mol. The molecule has 0 saturated heterocycles. The lowest BCUT2D eigenvalue weighted by atomic mass is 10.2. The number of sulfonamides is 1. The zero-order valence-corrected chi connectivity index (χ0v) is 15.9. The molecule has 0 aliphatic rings. The Labute approximate surface area is 151 Å². The highest BCUT2D eigenvalue weighted by molar-refractivity contribution is 7.89. The molecule has 0 atom stereocenters. The smallest absolute Gasteiger partial charge is 0.390 e. The van der Waals surface area contributed by atoms with Gasteiger partial charge in [-0.1, -0.05) is 0 Å². The van der Waals surface area contributed by atoms with E-state index < -0.39 is 35.1 Å². The van der Waals surface area contributed by atoms with E-state index in [0.717, 1.165) is 11.0 Å². The van der Waals surface area contributed by atoms with Crippen LogP contribution >= 0.6 is 0 Å². The lowest BCUT2D eigenvalue weighted by Gasteiger charge is -2.22. The van der Waals surface area contributed by atoms with Gasteiger partial charge in [-0.05, 0) is 39.0 Å². The molecule has 0 aromatic heterocycles. The minimum absolute atomic E-state index is 0.0287. The number of nitrogens with one attached hydrogen (secondary N) is 1. The van der Waals surface area contributed by atoms with Gasteiger partial charge in [0.2, 0.25) is 10.0 Å². The predicted molar refractivity (Wildman–Crippen MR) is 90.7 cm³/mol. The first-order chi connectivity index (χ1) is 11.9. The van der Waals surface area contributed by atoms with Crippen LogP contribution in [0.2, 0.25) is 0 Å². The molecule has 0 heterocycles. The predicted octanol–water partition coefficient (Wildman–Crippen LogP) is 2.80. The van der Waals surface area contributed by atoms with Crippen molar-refractivity contribution in [3.63, 3.8) is 0 Å². The molecule has 0 radical (unpaired) electrons. The van der Waals surface area contributed by atoms with Crippen LogP contribution in [0.1, 0.15) is 37.6 Å². The fraction of sp³-hybridized carbons (Fsp3) is 0.562. The summed E-state index contributed by atoms with van der Waals surface area (Å²) < 4.78 is 69.5. The summed E-state index contributed by atoms with van der Waals surface area (Å²) in [5.74, 6) is -0.645. The third kappa shape index (κ3) is 6.17. The van der Waals surface area contributed by atoms with Gasteiger partial charge in [-0.3, -0.25) is 4.79 Å². The molecule has 1 aromatic rings. The van der Waals surface area contributed by atoms with E-state index in [1.54, 1.807) is 20.8 Å². The number of nitrogens with zero attached hydrogens (tertiary/aromatic N) is 1. The van der Waals surface area contributed by atoms with Crippen LogP contribution in [0.3, 0.4) is 0 Å². The summed E-state index contributed by atoms with van der Waals surface area (Å²) in [6.07, 6.45) is -5.52. The molecule has 0 aliphatic carbocycles. The fourth-order valence-corrected chi connectivity index (χ4v) is 3.69. The van der Waals surface area contributed by atoms with Gasteiger partial charge in [0.05, 0.1) is 13.5 Å². The molecule has 10 heteroatoms. The van der Waals surface area contributed by atoms with E-state index in [9.17, 15) is 26.4 Å². The Morgan fingerprint density at radius 2 is 1.92 bits per heavy atom. The normalized spacial score (nSPS) is 12.3. The Morgan fingerprint density at radius 3 is 2.38 bits per heavy atom. The molecule has 0 fully saturated rings. The molecule has 1 rings (SSSR count). The minimum Gasteiger partial charge on any atom is -0.495 e. The van der Waals surface area contributed by atoms with Crippen molar-refractivity contribution < 1.29 is 31.1 Å². The second-order valence-electron chi connectivity index (χ2n) is 5.89. The summed E-state index contributed by atoms with van der Waals surface area (Å²) in [4.78, 5) is 13.3. The van der Waals surface area contributed by atoms with Crippen LogP contribution in [0.15, 0.2) is 23.1 Å². The number of carbonyl (C=O) groups is 1. The number of amides is 1. The second-order valence-corrected chi connectivity index (χ2v) is 7.57. The summed E-state index contributed by atoms with van der Waals surface area (Å²) in [5, 5.41) is 0. The number of hydrogen-bond acceptors (Lipinski definition) is 4. The zero-order chi connectivity index (χ0) is 20.1. The highest BCUT2D eigenvalue weighted by Gasteiger charge is 2.29. The van der Waals surface area contributed by atoms with Crippen LogP contribution in [-0.4, -0.2) is 51.6 Å². The summed E-state index contributed by atoms with van der Waals surface area (Å²) in [6.45, 7) is 4.38. The molecule has 1 amide bonds. The maximum Gasteiger partial charge on any atom is 0.390 e. The van der Waals surface area contributed by atoms with Gasteiger partial charge in [0.25, 0.3) is 5.91 Å². The van der Waals surface area contributed by atoms with Crippen LogP contribution in [0.25, 0.3) is 0 Å². The summed E-state index contributed by atoms with van der Waals surface area (Å²) in [7, 11) is -2.67. The summed E-state index contributed by atoms with van der Waals surface area (Å²) in [6, 6.07) is 3.36. The molecule has 1 N–H and O–H groups in total. The van der Waals surface area contributed by atoms with E-state index in [2.05, 4.69) is 4.72 Å². The van der Waals surface area contributed by atoms with Crippen LogP contribution in [0.5, 0.6) is 5.75 Å². The Hall–Kier alpha value is -1.81. The van der Waals surface area contributed by atoms with Crippen LogP contribution in [0.4, 0.5) is 13.2 Å². The first kappa shape index (κ1) is 22.2. The largest absolute Gasteiger partial charge is 0.495 e. The van der Waals surface area contributed by atoms with Gasteiger partial charge < -0.3 is 9.64 Å². The number of benzene rings is 1. The number of methoxy groups -OCH3 is 1. The fourth-order valence-electron chi connectivity index (χ4n) is 2.24. The van der Waals surface area contributed by atoms with Crippen molar-refractivity contribution >= 4 is 15.9 Å². The number of rotatable bonds is 8. The van der Waals surface area contributed by atoms with Crippen molar-refractivity contribution in [2.75, 3.05) is 20.2 Å². The molecule has 0 bridgehead atoms. The van der Waals surface area contributed by atoms with Crippen molar-refractivity contribution in [1.82, 2.24) is 9.62 Å². The first-order valence-corrected chi connectivity index (χ1v) is 9.46. The van der Waals surface area contributed by atoms with Gasteiger partial charge in [-0.15, -0.1) is 0 Å². The van der Waals surface area contributed by atoms with Crippen molar-refractivity contribution in [2.24, 2.45) is 0 Å². The van der Waals surface area contributed by atoms with E-state index in [4.69, 9.17) is 4.74 Å². The quantitative estimate of drug-likeness (QED) is 0.733. The second kappa shape index (κ2) is 8.72. The Bertz CT molecular complexity index is 734. The third-order valence-corrected chi connectivity index (χ3v) is 5.10. The maximum atomic E-state index is 12.5. The number of halogens is 3. The van der Waals surface area contributed by atoms with Gasteiger partial charge in [-0.2, -0.15) is 13.2 Å². The number of alkyl halides is 3. The summed E-state index contributed by atoms with van der Waals surface area (Å²) >= 11 is 0. The van der Waals surface area contributed by atoms with E-state index in [-0.39, 0.29) is 28.8 Å². The standard InChI is InChI=1S/C16H23F3N2O4S/c1-5-21(9-8-16(17,18)19)15(22)12-6-7-13(25-4)14(10-12)26(23,24)20-11(2)3/h6-7,10-11,20H,5,8-9H2,1-4H3. The monoisotopic (exact) mass is 396 g/mol. The molecule has 26 heavy (non-hydrogen) atoms. The van der Waals surface area contributed by atoms with Gasteiger partial charge in [0.1, 0.15) is 10.6 Å². The van der Waals surface area contributed by atoms with Crippen LogP contribution in [0, 0.1) is 0 Å². The molecule has 0 spiro atoms. The van der Waals surface area contributed by atoms with E-state index in [1.165, 1.54) is 19.2 Å². The first-order valence-electron chi connectivity index (χ1n) is 7.97. The van der Waals surface area contributed by atoms with Crippen molar-refractivity contribution in [3.05, 3.63) is 23.8 Å². The van der Waals surface area contributed by atoms with Crippen molar-refractivity contribution in [1.29, 1.82) is 0 Å². The molecule has 0 unspecified atom stereocenters. The van der Waals surface area contributed by atoms with Crippen molar-refractivity contribution in [3.8, 4) is 5.75 Å². The molecule has 1 aromatic carbocycles. The topological polar surface area (TPSA) is 75.7 Å². The highest BCUT2D eigenvalue weighted by atomic mass is 32.2. The number of ether oxygens (including phenoxy) is 1. The molecule has 148 valence electrons. The molecule has 0 aliphatic heterocycles. The Kier molecular flexibility index (Phi) is 7.45. The average Bonchev–Trinajstić information content (AvgIpc) is 2.52. The number of carbonyl (C=O) groups excluding carboxylic acids is 1. The average molecular weight is 396 g/mol. The van der Waals surface area contributed by atoms with E-state index in [0.29, 0.717) is 0 Å². The van der Waals surface area contributed by atoms with Gasteiger partial charge in [0, 0.05) is 24.7 Å². The van der Waals surface area contributed by atoms with Gasteiger partial charge in [0.15, 0.2) is 0 Å². The molecule has 0 saturated carbocycles. The minimum atomic E-state index is -4.39. The van der Waals surface area contributed by atoms with Crippen LogP contribution < -0.4 is 9.46 Å². The molecule has 6 nitrogen and oxygen atoms in total. The highest BCUT2D eigenvalue weighted by Crippen LogP contribution is 2.26. The van der Waals surface area contributed by atoms with Crippen LogP contribution in [-0.2, 0) is 10.0 Å². The van der Waals surface area contributed by atoms with E-state index >= 15 is 0 Å². The Morgan fingerprint density at radius 1 is 1.31 bits per heavy atom. The maximum absolute atomic E-state index is 12.5. The third-order valence-electron chi connectivity index (χ3n) is 3.43. The van der Waals surface area contributed by atoms with Crippen molar-refractivity contribution in [2.45, 2.75) is 44.3 Å². The number of hydrogen-bond donors (Lipinski definition) is 1. The lowest BCUT2D eigenvalue weighted by molar-refractivity contribution is -0.136. The van der Waals surface area contributed by atoms with Gasteiger partial charge >= 0.3 is 6.18 Å². The lowest BCUT2D eigenvalue weighted by Crippen LogP contribution is -2.34. The van der Waals surface area contributed by atoms with Gasteiger partial charge in [-0.25, -0.2) is 13.1 Å². The van der Waals surface area contributed by atoms with E-state index in [1.807, 2.05) is 0 Å². The summed E-state index contributed by atoms with van der Waals surface area (Å²) in [5.41, 5.74) is -0.0287. The Balaban J connectivity index is 3.21. The molecular formula is C16H23F3N2O4S. The zero-order valence-electron chi connectivity index (χ0n) is 15.1. The SMILES string of the molecule is CCN(CCC(F)(F)F)C(=O)c1ccc(OC)c(S(=O)(=O)NC(C)C)c1.